The summed E-state index contributed by atoms with van der Waals surface area (Å²) in [6.07, 6.45) is 4.44. The Morgan fingerprint density at radius 1 is 1.33 bits per heavy atom. The van der Waals surface area contributed by atoms with Crippen LogP contribution in [0.1, 0.15) is 12.8 Å². The fourth-order valence-electron chi connectivity index (χ4n) is 3.06. The highest BCUT2D eigenvalue weighted by atomic mass is 16.7. The third-order valence-electron chi connectivity index (χ3n) is 3.61. The van der Waals surface area contributed by atoms with E-state index in [-0.39, 0.29) is 5.79 Å². The summed E-state index contributed by atoms with van der Waals surface area (Å²) in [4.78, 5) is 0. The van der Waals surface area contributed by atoms with Crippen molar-refractivity contribution in [3.63, 3.8) is 0 Å². The van der Waals surface area contributed by atoms with Gasteiger partial charge in [0.25, 0.3) is 0 Å². The molecule has 0 aromatic rings. The third-order valence-corrected chi connectivity index (χ3v) is 3.61. The summed E-state index contributed by atoms with van der Waals surface area (Å²) in [5.41, 5.74) is 0. The van der Waals surface area contributed by atoms with E-state index in [0.717, 1.165) is 25.6 Å². The Balaban J connectivity index is 1.85. The molecule has 0 aromatic heterocycles. The van der Waals surface area contributed by atoms with Crippen molar-refractivity contribution in [2.24, 2.45) is 17.8 Å². The quantitative estimate of drug-likeness (QED) is 0.550. The topological polar surface area (TPSA) is 18.5 Å². The summed E-state index contributed by atoms with van der Waals surface area (Å²) < 4.78 is 11.4. The van der Waals surface area contributed by atoms with Gasteiger partial charge in [-0.3, -0.25) is 0 Å². The Labute approximate surface area is 72.5 Å². The minimum Gasteiger partial charge on any atom is -0.347 e. The second-order valence-corrected chi connectivity index (χ2v) is 4.05. The molecule has 1 aliphatic heterocycles. The summed E-state index contributed by atoms with van der Waals surface area (Å²) in [5, 5.41) is 0. The molecule has 2 aliphatic carbocycles. The molecule has 66 valence electrons. The molecule has 0 bridgehead atoms. The Kier molecular flexibility index (Phi) is 1.25. The number of hydrogen-bond donors (Lipinski definition) is 0. The molecule has 0 N–H and O–H groups in total. The zero-order valence-electron chi connectivity index (χ0n) is 7.16. The third kappa shape index (κ3) is 0.679. The van der Waals surface area contributed by atoms with Gasteiger partial charge in [0.1, 0.15) is 0 Å². The molecule has 12 heavy (non-hydrogen) atoms. The molecule has 3 rings (SSSR count). The number of hydrogen-bond acceptors (Lipinski definition) is 2. The summed E-state index contributed by atoms with van der Waals surface area (Å²) in [5.74, 6) is 1.96. The van der Waals surface area contributed by atoms with Crippen molar-refractivity contribution in [2.75, 3.05) is 13.2 Å². The van der Waals surface area contributed by atoms with Crippen LogP contribution in [0.2, 0.25) is 0 Å². The molecule has 0 amide bonds. The lowest BCUT2D eigenvalue weighted by atomic mass is 10.1. The first kappa shape index (κ1) is 7.10. The smallest absolute Gasteiger partial charge is 0.172 e. The number of rotatable bonds is 1. The summed E-state index contributed by atoms with van der Waals surface area (Å²) in [7, 11) is 0. The Bertz CT molecular complexity index is 212. The predicted molar refractivity (Wildman–Crippen MR) is 44.5 cm³/mol. The Morgan fingerprint density at radius 3 is 2.67 bits per heavy atom. The second-order valence-electron chi connectivity index (χ2n) is 4.05. The van der Waals surface area contributed by atoms with Gasteiger partial charge in [0, 0.05) is 12.3 Å². The van der Waals surface area contributed by atoms with Crippen LogP contribution in [-0.2, 0) is 9.47 Å². The zero-order valence-corrected chi connectivity index (χ0v) is 7.16. The highest BCUT2D eigenvalue weighted by Crippen LogP contribution is 2.65. The first-order chi connectivity index (χ1) is 5.87. The van der Waals surface area contributed by atoms with Gasteiger partial charge in [0.15, 0.2) is 5.79 Å². The number of ether oxygens (including phenoxy) is 2. The summed E-state index contributed by atoms with van der Waals surface area (Å²) >= 11 is 0. The molecule has 2 heteroatoms. The van der Waals surface area contributed by atoms with Gasteiger partial charge >= 0.3 is 0 Å². The first-order valence-corrected chi connectivity index (χ1v) is 4.78. The fraction of sp³-hybridized carbons (Fsp3) is 0.800. The van der Waals surface area contributed by atoms with Crippen molar-refractivity contribution >= 4 is 0 Å². The first-order valence-electron chi connectivity index (χ1n) is 4.78. The number of allylic oxidation sites excluding steroid dienone is 1. The molecule has 2 nitrogen and oxygen atoms in total. The molecule has 2 saturated carbocycles. The predicted octanol–water partition coefficient (Wildman–Crippen LogP) is 1.57. The molecule has 0 radical (unpaired) electrons. The van der Waals surface area contributed by atoms with E-state index < -0.39 is 0 Å². The van der Waals surface area contributed by atoms with E-state index in [1.807, 2.05) is 0 Å². The maximum Gasteiger partial charge on any atom is 0.172 e. The van der Waals surface area contributed by atoms with Crippen LogP contribution in [-0.4, -0.2) is 19.0 Å². The molecule has 1 spiro atoms. The molecule has 1 saturated heterocycles. The standard InChI is InChI=1S/C10H14O2/c1-2-7-8-3-4-10(9(7)8)11-5-6-12-10/h2,7-9H,1,3-6H2. The molecular formula is C10H14O2. The minimum atomic E-state index is -0.177. The number of fused-ring (bicyclic) bond motifs is 2. The average molecular weight is 166 g/mol. The largest absolute Gasteiger partial charge is 0.347 e. The molecule has 3 fully saturated rings. The maximum atomic E-state index is 5.72. The molecule has 3 aliphatic rings. The van der Waals surface area contributed by atoms with Gasteiger partial charge in [0.2, 0.25) is 0 Å². The summed E-state index contributed by atoms with van der Waals surface area (Å²) in [6.45, 7) is 5.42. The maximum absolute atomic E-state index is 5.72. The molecule has 3 unspecified atom stereocenters. The van der Waals surface area contributed by atoms with Gasteiger partial charge in [-0.15, -0.1) is 6.58 Å². The van der Waals surface area contributed by atoms with E-state index in [1.165, 1.54) is 6.42 Å². The van der Waals surface area contributed by atoms with Gasteiger partial charge in [0.05, 0.1) is 13.2 Å². The molecular weight excluding hydrogens is 152 g/mol. The van der Waals surface area contributed by atoms with Crippen LogP contribution in [0.4, 0.5) is 0 Å². The van der Waals surface area contributed by atoms with Gasteiger partial charge in [-0.25, -0.2) is 0 Å². The molecule has 3 atom stereocenters. The fourth-order valence-corrected chi connectivity index (χ4v) is 3.06. The summed E-state index contributed by atoms with van der Waals surface area (Å²) in [6, 6.07) is 0. The van der Waals surface area contributed by atoms with Crippen molar-refractivity contribution in [1.29, 1.82) is 0 Å². The van der Waals surface area contributed by atoms with Gasteiger partial charge < -0.3 is 9.47 Å². The van der Waals surface area contributed by atoms with Crippen molar-refractivity contribution in [3.8, 4) is 0 Å². The zero-order chi connectivity index (χ0) is 8.18. The normalized spacial score (nSPS) is 47.8. The lowest BCUT2D eigenvalue weighted by molar-refractivity contribution is -0.169. The van der Waals surface area contributed by atoms with E-state index in [1.54, 1.807) is 0 Å². The van der Waals surface area contributed by atoms with E-state index in [2.05, 4.69) is 12.7 Å². The van der Waals surface area contributed by atoms with Crippen LogP contribution < -0.4 is 0 Å². The Morgan fingerprint density at radius 2 is 2.08 bits per heavy atom. The van der Waals surface area contributed by atoms with Crippen molar-refractivity contribution in [3.05, 3.63) is 12.7 Å². The van der Waals surface area contributed by atoms with Crippen LogP contribution in [0.3, 0.4) is 0 Å². The van der Waals surface area contributed by atoms with Crippen molar-refractivity contribution in [1.82, 2.24) is 0 Å². The van der Waals surface area contributed by atoms with E-state index in [4.69, 9.17) is 9.47 Å². The molecule has 0 aromatic carbocycles. The van der Waals surface area contributed by atoms with Crippen LogP contribution in [0.25, 0.3) is 0 Å². The van der Waals surface area contributed by atoms with Gasteiger partial charge in [-0.05, 0) is 18.3 Å². The molecule has 1 heterocycles. The van der Waals surface area contributed by atoms with E-state index in [9.17, 15) is 0 Å². The van der Waals surface area contributed by atoms with Crippen molar-refractivity contribution < 1.29 is 9.47 Å². The lowest BCUT2D eigenvalue weighted by Gasteiger charge is -2.24. The monoisotopic (exact) mass is 166 g/mol. The van der Waals surface area contributed by atoms with Crippen LogP contribution in [0, 0.1) is 17.8 Å². The SMILES string of the molecule is C=CC1C2CCC3(OCCO3)C12. The van der Waals surface area contributed by atoms with Crippen LogP contribution in [0.15, 0.2) is 12.7 Å². The van der Waals surface area contributed by atoms with Crippen LogP contribution >= 0.6 is 0 Å². The highest BCUT2D eigenvalue weighted by Gasteiger charge is 2.67. The average Bonchev–Trinajstić information content (AvgIpc) is 2.45. The van der Waals surface area contributed by atoms with Crippen LogP contribution in [0.5, 0.6) is 0 Å². The van der Waals surface area contributed by atoms with Gasteiger partial charge in [-0.2, -0.15) is 0 Å². The Hall–Kier alpha value is -0.340. The lowest BCUT2D eigenvalue weighted by Crippen LogP contribution is -2.31. The minimum absolute atomic E-state index is 0.177. The highest BCUT2D eigenvalue weighted by molar-refractivity contribution is 5.16. The van der Waals surface area contributed by atoms with Crippen molar-refractivity contribution in [2.45, 2.75) is 18.6 Å². The van der Waals surface area contributed by atoms with E-state index in [0.29, 0.717) is 11.8 Å². The van der Waals surface area contributed by atoms with Gasteiger partial charge in [-0.1, -0.05) is 6.08 Å². The van der Waals surface area contributed by atoms with E-state index >= 15 is 0 Å². The second kappa shape index (κ2) is 2.12.